The lowest BCUT2D eigenvalue weighted by Crippen LogP contribution is -2.32. The van der Waals surface area contributed by atoms with Crippen LogP contribution in [0.25, 0.3) is 5.57 Å². The maximum Gasteiger partial charge on any atom is 0.278 e. The number of ether oxygens (including phenoxy) is 2. The Morgan fingerprint density at radius 1 is 0.909 bits per heavy atom. The quantitative estimate of drug-likeness (QED) is 0.502. The zero-order chi connectivity index (χ0) is 23.5. The smallest absolute Gasteiger partial charge is 0.278 e. The molecule has 0 atom stereocenters. The Hall–Kier alpha value is -3.84. The number of halogens is 2. The van der Waals surface area contributed by atoms with Gasteiger partial charge in [-0.05, 0) is 41.5 Å². The highest BCUT2D eigenvalue weighted by atomic mass is 35.5. The Morgan fingerprint density at radius 2 is 1.61 bits per heavy atom. The number of amides is 2. The van der Waals surface area contributed by atoms with Crippen LogP contribution in [0.1, 0.15) is 11.1 Å². The van der Waals surface area contributed by atoms with Gasteiger partial charge in [0, 0.05) is 16.8 Å². The summed E-state index contributed by atoms with van der Waals surface area (Å²) in [5, 5.41) is 3.49. The fourth-order valence-electron chi connectivity index (χ4n) is 3.58. The number of anilines is 1. The van der Waals surface area contributed by atoms with Crippen molar-refractivity contribution in [3.63, 3.8) is 0 Å². The number of hydrogen-bond acceptors (Lipinski definition) is 5. The number of nitrogens with one attached hydrogen (secondary N) is 1. The third kappa shape index (κ3) is 4.40. The first-order chi connectivity index (χ1) is 15.9. The first-order valence-electron chi connectivity index (χ1n) is 10.0. The number of rotatable bonds is 7. The van der Waals surface area contributed by atoms with E-state index in [4.69, 9.17) is 21.1 Å². The summed E-state index contributed by atoms with van der Waals surface area (Å²) in [5.74, 6) is -0.497. The van der Waals surface area contributed by atoms with Gasteiger partial charge in [-0.15, -0.1) is 0 Å². The van der Waals surface area contributed by atoms with E-state index in [2.05, 4.69) is 5.32 Å². The number of benzene rings is 3. The molecule has 0 radical (unpaired) electrons. The maximum absolute atomic E-state index is 13.5. The molecule has 0 saturated carbocycles. The zero-order valence-electron chi connectivity index (χ0n) is 17.9. The van der Waals surface area contributed by atoms with Gasteiger partial charge in [-0.3, -0.25) is 14.5 Å². The molecule has 0 fully saturated rings. The van der Waals surface area contributed by atoms with Crippen LogP contribution >= 0.6 is 11.6 Å². The van der Waals surface area contributed by atoms with Crippen LogP contribution < -0.4 is 14.8 Å². The predicted molar refractivity (Wildman–Crippen MR) is 123 cm³/mol. The van der Waals surface area contributed by atoms with Crippen LogP contribution in [0.4, 0.5) is 10.1 Å². The maximum atomic E-state index is 13.5. The van der Waals surface area contributed by atoms with Gasteiger partial charge in [0.1, 0.15) is 11.5 Å². The molecule has 0 unspecified atom stereocenters. The van der Waals surface area contributed by atoms with E-state index in [0.717, 1.165) is 4.90 Å². The lowest BCUT2D eigenvalue weighted by molar-refractivity contribution is -0.137. The molecule has 168 valence electrons. The molecule has 4 rings (SSSR count). The molecular weight excluding hydrogens is 447 g/mol. The van der Waals surface area contributed by atoms with Crippen molar-refractivity contribution < 1.29 is 23.5 Å². The van der Waals surface area contributed by atoms with Crippen molar-refractivity contribution >= 4 is 34.7 Å². The third-order valence-electron chi connectivity index (χ3n) is 5.24. The van der Waals surface area contributed by atoms with Crippen LogP contribution in [0.2, 0.25) is 5.02 Å². The highest BCUT2D eigenvalue weighted by Crippen LogP contribution is 2.35. The first kappa shape index (κ1) is 22.4. The summed E-state index contributed by atoms with van der Waals surface area (Å²) in [5.41, 5.74) is 1.78. The summed E-state index contributed by atoms with van der Waals surface area (Å²) in [4.78, 5) is 27.9. The summed E-state index contributed by atoms with van der Waals surface area (Å²) in [6.07, 6.45) is 0. The normalized spacial score (nSPS) is 13.5. The minimum Gasteiger partial charge on any atom is -0.493 e. The molecule has 8 heteroatoms. The fraction of sp³-hybridized carbons (Fsp3) is 0.120. The van der Waals surface area contributed by atoms with E-state index >= 15 is 0 Å². The van der Waals surface area contributed by atoms with E-state index in [9.17, 15) is 14.0 Å². The number of carbonyl (C=O) groups is 2. The molecule has 1 aliphatic heterocycles. The van der Waals surface area contributed by atoms with Gasteiger partial charge in [0.2, 0.25) is 0 Å². The Balaban J connectivity index is 1.75. The second-order valence-electron chi connectivity index (χ2n) is 7.24. The number of methoxy groups -OCH3 is 2. The average Bonchev–Trinajstić information content (AvgIpc) is 3.05. The highest BCUT2D eigenvalue weighted by molar-refractivity contribution is 6.36. The van der Waals surface area contributed by atoms with Gasteiger partial charge < -0.3 is 14.8 Å². The Bertz CT molecular complexity index is 1260. The van der Waals surface area contributed by atoms with Crippen molar-refractivity contribution in [1.82, 2.24) is 4.90 Å². The minimum absolute atomic E-state index is 0.000845. The molecule has 3 aromatic carbocycles. The third-order valence-corrected chi connectivity index (χ3v) is 5.61. The van der Waals surface area contributed by atoms with Crippen LogP contribution in [-0.4, -0.2) is 30.9 Å². The van der Waals surface area contributed by atoms with Crippen LogP contribution in [-0.2, 0) is 16.1 Å². The summed E-state index contributed by atoms with van der Waals surface area (Å²) in [6, 6.07) is 17.4. The van der Waals surface area contributed by atoms with Gasteiger partial charge in [-0.25, -0.2) is 4.39 Å². The highest BCUT2D eigenvalue weighted by Gasteiger charge is 2.39. The van der Waals surface area contributed by atoms with E-state index in [1.807, 2.05) is 0 Å². The Kier molecular flexibility index (Phi) is 6.33. The van der Waals surface area contributed by atoms with E-state index in [-0.39, 0.29) is 17.8 Å². The molecule has 1 N–H and O–H groups in total. The standard InChI is InChI=1S/C25H20ClFN2O4/c1-32-20-12-11-18(13-21(20)33-2)28-23-22(15-7-9-17(27)10-8-15)24(30)29(25(23)31)14-16-5-3-4-6-19(16)26/h3-13,28H,14H2,1-2H3. The first-order valence-corrected chi connectivity index (χ1v) is 10.4. The second kappa shape index (κ2) is 9.34. The summed E-state index contributed by atoms with van der Waals surface area (Å²) in [6.45, 7) is -0.000845. The van der Waals surface area contributed by atoms with Crippen molar-refractivity contribution in [1.29, 1.82) is 0 Å². The monoisotopic (exact) mass is 466 g/mol. The molecule has 0 bridgehead atoms. The van der Waals surface area contributed by atoms with Crippen molar-refractivity contribution in [3.05, 3.63) is 94.4 Å². The minimum atomic E-state index is -0.519. The molecule has 6 nitrogen and oxygen atoms in total. The lowest BCUT2D eigenvalue weighted by Gasteiger charge is -2.16. The van der Waals surface area contributed by atoms with Crippen molar-refractivity contribution in [2.45, 2.75) is 6.54 Å². The summed E-state index contributed by atoms with van der Waals surface area (Å²) in [7, 11) is 3.02. The van der Waals surface area contributed by atoms with Crippen LogP contribution in [0, 0.1) is 5.82 Å². The van der Waals surface area contributed by atoms with Gasteiger partial charge in [0.05, 0.1) is 26.3 Å². The molecule has 0 aliphatic carbocycles. The molecule has 33 heavy (non-hydrogen) atoms. The molecule has 0 aromatic heterocycles. The van der Waals surface area contributed by atoms with Crippen molar-refractivity contribution in [2.24, 2.45) is 0 Å². The van der Waals surface area contributed by atoms with Crippen molar-refractivity contribution in [3.8, 4) is 11.5 Å². The van der Waals surface area contributed by atoms with Crippen LogP contribution in [0.3, 0.4) is 0 Å². The molecule has 2 amide bonds. The van der Waals surface area contributed by atoms with Gasteiger partial charge in [-0.1, -0.05) is 41.9 Å². The topological polar surface area (TPSA) is 67.9 Å². The van der Waals surface area contributed by atoms with Crippen LogP contribution in [0.15, 0.2) is 72.4 Å². The van der Waals surface area contributed by atoms with E-state index < -0.39 is 17.6 Å². The van der Waals surface area contributed by atoms with E-state index in [1.165, 1.54) is 38.5 Å². The van der Waals surface area contributed by atoms with Crippen molar-refractivity contribution in [2.75, 3.05) is 19.5 Å². The van der Waals surface area contributed by atoms with E-state index in [0.29, 0.717) is 33.3 Å². The summed E-state index contributed by atoms with van der Waals surface area (Å²) < 4.78 is 24.1. The largest absolute Gasteiger partial charge is 0.493 e. The molecule has 0 spiro atoms. The predicted octanol–water partition coefficient (Wildman–Crippen LogP) is 4.89. The molecule has 3 aromatic rings. The SMILES string of the molecule is COc1ccc(NC2=C(c3ccc(F)cc3)C(=O)N(Cc3ccccc3Cl)C2=O)cc1OC. The molecular formula is C25H20ClFN2O4. The average molecular weight is 467 g/mol. The zero-order valence-corrected chi connectivity index (χ0v) is 18.7. The van der Waals surface area contributed by atoms with Crippen LogP contribution in [0.5, 0.6) is 11.5 Å². The summed E-state index contributed by atoms with van der Waals surface area (Å²) >= 11 is 6.25. The van der Waals surface area contributed by atoms with E-state index in [1.54, 1.807) is 42.5 Å². The Morgan fingerprint density at radius 3 is 2.27 bits per heavy atom. The van der Waals surface area contributed by atoms with Gasteiger partial charge in [0.15, 0.2) is 11.5 Å². The second-order valence-corrected chi connectivity index (χ2v) is 7.65. The molecule has 1 aliphatic rings. The Labute approximate surface area is 195 Å². The lowest BCUT2D eigenvalue weighted by atomic mass is 10.0. The van der Waals surface area contributed by atoms with Gasteiger partial charge >= 0.3 is 0 Å². The molecule has 1 heterocycles. The number of nitrogens with zero attached hydrogens (tertiary/aromatic N) is 1. The number of imide groups is 1. The molecule has 0 saturated heterocycles. The number of hydrogen-bond donors (Lipinski definition) is 1. The van der Waals surface area contributed by atoms with Gasteiger partial charge in [-0.2, -0.15) is 0 Å². The van der Waals surface area contributed by atoms with Gasteiger partial charge in [0.25, 0.3) is 11.8 Å². The fourth-order valence-corrected chi connectivity index (χ4v) is 3.77. The number of carbonyl (C=O) groups excluding carboxylic acids is 2.